The maximum absolute atomic E-state index is 6.25. The molecular formula is C16H18ClN3. The molecule has 0 atom stereocenters. The molecular weight excluding hydrogens is 270 g/mol. The van der Waals surface area contributed by atoms with E-state index in [0.717, 1.165) is 22.6 Å². The van der Waals surface area contributed by atoms with Crippen molar-refractivity contribution >= 4 is 28.7 Å². The third-order valence-electron chi connectivity index (χ3n) is 3.07. The molecule has 3 nitrogen and oxygen atoms in total. The lowest BCUT2D eigenvalue weighted by Crippen LogP contribution is -2.12. The van der Waals surface area contributed by atoms with E-state index in [9.17, 15) is 0 Å². The quantitative estimate of drug-likeness (QED) is 0.673. The van der Waals surface area contributed by atoms with Crippen LogP contribution in [0.15, 0.2) is 53.6 Å². The lowest BCUT2D eigenvalue weighted by Gasteiger charge is -2.15. The normalized spacial score (nSPS) is 11.3. The zero-order valence-electron chi connectivity index (χ0n) is 11.9. The Morgan fingerprint density at radius 1 is 1.15 bits per heavy atom. The summed E-state index contributed by atoms with van der Waals surface area (Å²) in [4.78, 5) is 0. The summed E-state index contributed by atoms with van der Waals surface area (Å²) in [6.45, 7) is 1.96. The topological polar surface area (TPSA) is 27.6 Å². The fourth-order valence-electron chi connectivity index (χ4n) is 1.94. The number of nitrogens with one attached hydrogen (secondary N) is 1. The molecule has 0 amide bonds. The van der Waals surface area contributed by atoms with Gasteiger partial charge in [0.05, 0.1) is 11.4 Å². The van der Waals surface area contributed by atoms with Crippen molar-refractivity contribution in [1.82, 2.24) is 0 Å². The van der Waals surface area contributed by atoms with Crippen molar-refractivity contribution in [2.24, 2.45) is 5.10 Å². The van der Waals surface area contributed by atoms with E-state index in [4.69, 9.17) is 11.6 Å². The van der Waals surface area contributed by atoms with Crippen LogP contribution in [-0.2, 0) is 0 Å². The van der Waals surface area contributed by atoms with Crippen LogP contribution in [0.5, 0.6) is 0 Å². The average molecular weight is 288 g/mol. The Labute approximate surface area is 124 Å². The highest BCUT2D eigenvalue weighted by Gasteiger charge is 2.07. The zero-order chi connectivity index (χ0) is 14.5. The van der Waals surface area contributed by atoms with E-state index < -0.39 is 0 Å². The number of halogens is 1. The van der Waals surface area contributed by atoms with Crippen molar-refractivity contribution in [3.63, 3.8) is 0 Å². The van der Waals surface area contributed by atoms with Gasteiger partial charge in [-0.1, -0.05) is 29.8 Å². The Hall–Kier alpha value is -2.00. The van der Waals surface area contributed by atoms with Crippen LogP contribution in [0.1, 0.15) is 12.5 Å². The van der Waals surface area contributed by atoms with Crippen LogP contribution < -0.4 is 10.3 Å². The van der Waals surface area contributed by atoms with Gasteiger partial charge in [0, 0.05) is 30.4 Å². The molecule has 2 rings (SSSR count). The number of benzene rings is 2. The first kappa shape index (κ1) is 14.4. The summed E-state index contributed by atoms with van der Waals surface area (Å²) in [7, 11) is 3.81. The number of para-hydroxylation sites is 1. The Morgan fingerprint density at radius 3 is 2.50 bits per heavy atom. The number of rotatable bonds is 4. The summed E-state index contributed by atoms with van der Waals surface area (Å²) >= 11 is 6.25. The van der Waals surface area contributed by atoms with E-state index in [0.29, 0.717) is 5.02 Å². The first-order valence-corrected chi connectivity index (χ1v) is 6.81. The Morgan fingerprint density at radius 2 is 1.85 bits per heavy atom. The molecule has 0 saturated carbocycles. The smallest absolute Gasteiger partial charge is 0.0666 e. The van der Waals surface area contributed by atoms with Crippen molar-refractivity contribution in [1.29, 1.82) is 0 Å². The van der Waals surface area contributed by atoms with Gasteiger partial charge in [0.25, 0.3) is 0 Å². The van der Waals surface area contributed by atoms with Gasteiger partial charge in [-0.25, -0.2) is 0 Å². The first-order valence-electron chi connectivity index (χ1n) is 6.43. The lowest BCUT2D eigenvalue weighted by atomic mass is 10.1. The summed E-state index contributed by atoms with van der Waals surface area (Å²) in [5.74, 6) is 0. The molecule has 20 heavy (non-hydrogen) atoms. The largest absolute Gasteiger partial charge is 0.388 e. The Balaban J connectivity index is 2.31. The molecule has 0 aromatic heterocycles. The summed E-state index contributed by atoms with van der Waals surface area (Å²) in [6, 6.07) is 15.8. The minimum absolute atomic E-state index is 0.701. The molecule has 0 aliphatic carbocycles. The van der Waals surface area contributed by atoms with Crippen LogP contribution >= 0.6 is 11.6 Å². The Bertz CT molecular complexity index is 608. The van der Waals surface area contributed by atoms with Gasteiger partial charge in [-0.05, 0) is 37.3 Å². The molecule has 2 aromatic carbocycles. The standard InChI is InChI=1S/C16H18ClN3/c1-12(15-11-13(18-2)9-10-16(15)17)19-20(3)14-7-5-4-6-8-14/h4-11,18H,1-3H3/b19-12-. The monoisotopic (exact) mass is 287 g/mol. The van der Waals surface area contributed by atoms with E-state index in [-0.39, 0.29) is 0 Å². The second kappa shape index (κ2) is 6.44. The molecule has 0 bridgehead atoms. The maximum atomic E-state index is 6.25. The SMILES string of the molecule is CNc1ccc(Cl)c(/C(C)=N\N(C)c2ccccc2)c1. The minimum atomic E-state index is 0.701. The first-order chi connectivity index (χ1) is 9.61. The average Bonchev–Trinajstić information content (AvgIpc) is 2.48. The van der Waals surface area contributed by atoms with E-state index >= 15 is 0 Å². The van der Waals surface area contributed by atoms with Crippen LogP contribution in [0.2, 0.25) is 5.02 Å². The number of hydrogen-bond donors (Lipinski definition) is 1. The predicted octanol–water partition coefficient (Wildman–Crippen LogP) is 4.24. The van der Waals surface area contributed by atoms with E-state index in [2.05, 4.69) is 10.4 Å². The minimum Gasteiger partial charge on any atom is -0.388 e. The molecule has 0 fully saturated rings. The van der Waals surface area contributed by atoms with Crippen molar-refractivity contribution in [2.75, 3.05) is 24.4 Å². The van der Waals surface area contributed by atoms with Gasteiger partial charge >= 0.3 is 0 Å². The second-order valence-corrected chi connectivity index (χ2v) is 4.90. The van der Waals surface area contributed by atoms with Gasteiger partial charge in [0.1, 0.15) is 0 Å². The second-order valence-electron chi connectivity index (χ2n) is 4.49. The summed E-state index contributed by atoms with van der Waals surface area (Å²) in [5.41, 5.74) is 3.86. The van der Waals surface area contributed by atoms with E-state index in [1.807, 2.05) is 74.6 Å². The molecule has 0 unspecified atom stereocenters. The van der Waals surface area contributed by atoms with Crippen molar-refractivity contribution in [3.05, 3.63) is 59.1 Å². The van der Waals surface area contributed by atoms with Crippen LogP contribution in [0, 0.1) is 0 Å². The number of nitrogens with zero attached hydrogens (tertiary/aromatic N) is 2. The van der Waals surface area contributed by atoms with Gasteiger partial charge < -0.3 is 5.32 Å². The fraction of sp³-hybridized carbons (Fsp3) is 0.188. The number of anilines is 2. The molecule has 0 heterocycles. The third kappa shape index (κ3) is 3.31. The van der Waals surface area contributed by atoms with Crippen molar-refractivity contribution in [3.8, 4) is 0 Å². The zero-order valence-corrected chi connectivity index (χ0v) is 12.6. The van der Waals surface area contributed by atoms with Crippen molar-refractivity contribution < 1.29 is 0 Å². The van der Waals surface area contributed by atoms with Crippen LogP contribution in [0.3, 0.4) is 0 Å². The molecule has 4 heteroatoms. The van der Waals surface area contributed by atoms with Gasteiger partial charge in [-0.3, -0.25) is 5.01 Å². The third-order valence-corrected chi connectivity index (χ3v) is 3.40. The predicted molar refractivity (Wildman–Crippen MR) is 88.1 cm³/mol. The molecule has 1 N–H and O–H groups in total. The van der Waals surface area contributed by atoms with Gasteiger partial charge in [-0.2, -0.15) is 5.10 Å². The van der Waals surface area contributed by atoms with Gasteiger partial charge in [-0.15, -0.1) is 0 Å². The number of hydrazone groups is 1. The molecule has 0 spiro atoms. The summed E-state index contributed by atoms with van der Waals surface area (Å²) in [6.07, 6.45) is 0. The lowest BCUT2D eigenvalue weighted by molar-refractivity contribution is 1.01. The molecule has 0 aliphatic heterocycles. The summed E-state index contributed by atoms with van der Waals surface area (Å²) in [5, 5.41) is 10.2. The van der Waals surface area contributed by atoms with Gasteiger partial charge in [0.2, 0.25) is 0 Å². The van der Waals surface area contributed by atoms with Crippen molar-refractivity contribution in [2.45, 2.75) is 6.92 Å². The maximum Gasteiger partial charge on any atom is 0.0666 e. The van der Waals surface area contributed by atoms with Crippen LogP contribution in [-0.4, -0.2) is 19.8 Å². The van der Waals surface area contributed by atoms with Crippen LogP contribution in [0.25, 0.3) is 0 Å². The van der Waals surface area contributed by atoms with Gasteiger partial charge in [0.15, 0.2) is 0 Å². The number of hydrogen-bond acceptors (Lipinski definition) is 3. The fourth-order valence-corrected chi connectivity index (χ4v) is 2.19. The van der Waals surface area contributed by atoms with E-state index in [1.54, 1.807) is 0 Å². The van der Waals surface area contributed by atoms with E-state index in [1.165, 1.54) is 0 Å². The molecule has 0 saturated heterocycles. The highest BCUT2D eigenvalue weighted by molar-refractivity contribution is 6.34. The molecule has 0 aliphatic rings. The molecule has 2 aromatic rings. The van der Waals surface area contributed by atoms with Crippen LogP contribution in [0.4, 0.5) is 11.4 Å². The molecule has 0 radical (unpaired) electrons. The Kier molecular flexibility index (Phi) is 4.64. The highest BCUT2D eigenvalue weighted by Crippen LogP contribution is 2.22. The summed E-state index contributed by atoms with van der Waals surface area (Å²) < 4.78 is 0. The highest BCUT2D eigenvalue weighted by atomic mass is 35.5. The molecule has 104 valence electrons.